The largest absolute Gasteiger partial charge is 0.494 e. The van der Waals surface area contributed by atoms with Gasteiger partial charge in [0.25, 0.3) is 11.1 Å². The molecule has 40 heavy (non-hydrogen) atoms. The van der Waals surface area contributed by atoms with Crippen LogP contribution >= 0.6 is 27.7 Å². The number of benzene rings is 3. The first-order valence-electron chi connectivity index (χ1n) is 12.1. The van der Waals surface area contributed by atoms with Crippen molar-refractivity contribution in [3.63, 3.8) is 0 Å². The second-order valence-electron chi connectivity index (χ2n) is 8.37. The van der Waals surface area contributed by atoms with Gasteiger partial charge < -0.3 is 19.5 Å². The average Bonchev–Trinajstić information content (AvgIpc) is 3.20. The van der Waals surface area contributed by atoms with Crippen LogP contribution in [0, 0.1) is 11.3 Å². The van der Waals surface area contributed by atoms with Crippen molar-refractivity contribution in [2.45, 2.75) is 13.5 Å². The Morgan fingerprint density at radius 1 is 1.12 bits per heavy atom. The lowest BCUT2D eigenvalue weighted by molar-refractivity contribution is -0.127. The van der Waals surface area contributed by atoms with Crippen molar-refractivity contribution in [2.75, 3.05) is 25.6 Å². The number of ether oxygens (including phenoxy) is 3. The predicted octanol–water partition coefficient (Wildman–Crippen LogP) is 5.98. The Kier molecular flexibility index (Phi) is 9.47. The summed E-state index contributed by atoms with van der Waals surface area (Å²) in [6.45, 7) is 2.13. The van der Waals surface area contributed by atoms with Gasteiger partial charge in [0, 0.05) is 11.3 Å². The first-order chi connectivity index (χ1) is 19.3. The van der Waals surface area contributed by atoms with Gasteiger partial charge in [-0.05, 0) is 88.7 Å². The molecule has 0 bridgehead atoms. The van der Waals surface area contributed by atoms with Crippen LogP contribution in [0.25, 0.3) is 6.08 Å². The van der Waals surface area contributed by atoms with Gasteiger partial charge in [-0.25, -0.2) is 0 Å². The van der Waals surface area contributed by atoms with Gasteiger partial charge in [-0.1, -0.05) is 18.2 Å². The maximum Gasteiger partial charge on any atom is 0.294 e. The van der Waals surface area contributed by atoms with Gasteiger partial charge in [-0.2, -0.15) is 5.26 Å². The van der Waals surface area contributed by atoms with Gasteiger partial charge in [-0.15, -0.1) is 0 Å². The van der Waals surface area contributed by atoms with Crippen molar-refractivity contribution >= 4 is 56.5 Å². The minimum atomic E-state index is -0.569. The van der Waals surface area contributed by atoms with E-state index in [2.05, 4.69) is 27.3 Å². The topological polar surface area (TPSA) is 118 Å². The van der Waals surface area contributed by atoms with Crippen LogP contribution in [0.2, 0.25) is 0 Å². The Morgan fingerprint density at radius 2 is 1.88 bits per heavy atom. The van der Waals surface area contributed by atoms with Gasteiger partial charge in [-0.3, -0.25) is 19.3 Å². The summed E-state index contributed by atoms with van der Waals surface area (Å²) >= 11 is 4.24. The monoisotopic (exact) mass is 621 g/mol. The number of methoxy groups -OCH3 is 1. The molecule has 4 rings (SSSR count). The molecule has 1 aliphatic heterocycles. The van der Waals surface area contributed by atoms with Crippen LogP contribution in [-0.4, -0.2) is 42.2 Å². The third-order valence-electron chi connectivity index (χ3n) is 5.68. The van der Waals surface area contributed by atoms with Crippen LogP contribution in [0.1, 0.15) is 23.6 Å². The molecule has 0 aromatic heterocycles. The van der Waals surface area contributed by atoms with E-state index >= 15 is 0 Å². The number of anilines is 1. The number of nitriles is 1. The summed E-state index contributed by atoms with van der Waals surface area (Å²) < 4.78 is 17.4. The number of carbonyl (C=O) groups is 3. The molecule has 0 unspecified atom stereocenters. The van der Waals surface area contributed by atoms with Gasteiger partial charge in [0.05, 0.1) is 34.7 Å². The quantitative estimate of drug-likeness (QED) is 0.275. The fourth-order valence-corrected chi connectivity index (χ4v) is 5.21. The summed E-state index contributed by atoms with van der Waals surface area (Å²) in [5, 5.41) is 11.5. The number of carbonyl (C=O) groups excluding carboxylic acids is 3. The maximum atomic E-state index is 13.0. The zero-order chi connectivity index (χ0) is 28.6. The zero-order valence-corrected chi connectivity index (χ0v) is 24.0. The number of halogens is 1. The summed E-state index contributed by atoms with van der Waals surface area (Å²) in [6.07, 6.45) is 1.55. The molecule has 0 aliphatic carbocycles. The molecule has 0 spiro atoms. The highest BCUT2D eigenvalue weighted by molar-refractivity contribution is 9.10. The van der Waals surface area contributed by atoms with Gasteiger partial charge in [0.2, 0.25) is 5.91 Å². The van der Waals surface area contributed by atoms with Crippen molar-refractivity contribution in [3.05, 3.63) is 86.7 Å². The highest BCUT2D eigenvalue weighted by atomic mass is 79.9. The van der Waals surface area contributed by atoms with E-state index in [1.807, 2.05) is 19.1 Å². The molecule has 3 amide bonds. The summed E-state index contributed by atoms with van der Waals surface area (Å²) in [7, 11) is 1.48. The van der Waals surface area contributed by atoms with Crippen molar-refractivity contribution in [2.24, 2.45) is 0 Å². The van der Waals surface area contributed by atoms with Crippen molar-refractivity contribution in [1.82, 2.24) is 4.90 Å². The molecule has 9 nitrogen and oxygen atoms in total. The summed E-state index contributed by atoms with van der Waals surface area (Å²) in [4.78, 5) is 39.1. The Balaban J connectivity index is 1.45. The Morgan fingerprint density at radius 3 is 2.58 bits per heavy atom. The number of nitrogens with one attached hydrogen (secondary N) is 1. The highest BCUT2D eigenvalue weighted by Gasteiger charge is 2.36. The average molecular weight is 622 g/mol. The Labute approximate surface area is 243 Å². The normalized spacial score (nSPS) is 13.8. The van der Waals surface area contributed by atoms with E-state index in [-0.39, 0.29) is 11.5 Å². The minimum Gasteiger partial charge on any atom is -0.494 e. The smallest absolute Gasteiger partial charge is 0.294 e. The molecule has 3 aromatic carbocycles. The number of imide groups is 1. The third-order valence-corrected chi connectivity index (χ3v) is 7.18. The second kappa shape index (κ2) is 13.2. The van der Waals surface area contributed by atoms with Crippen LogP contribution in [0.15, 0.2) is 70.0 Å². The predicted molar refractivity (Wildman–Crippen MR) is 155 cm³/mol. The Hall–Kier alpha value is -4.27. The zero-order valence-electron chi connectivity index (χ0n) is 21.6. The number of hydrogen-bond donors (Lipinski definition) is 1. The molecular formula is C29H24BrN3O6S. The lowest BCUT2D eigenvalue weighted by atomic mass is 10.1. The van der Waals surface area contributed by atoms with E-state index < -0.39 is 23.6 Å². The number of hydrogen-bond acceptors (Lipinski definition) is 8. The van der Waals surface area contributed by atoms with Crippen LogP contribution in [-0.2, 0) is 16.2 Å². The van der Waals surface area contributed by atoms with Crippen LogP contribution < -0.4 is 19.5 Å². The second-order valence-corrected chi connectivity index (χ2v) is 10.2. The molecule has 0 atom stereocenters. The Bertz CT molecular complexity index is 1520. The molecule has 11 heteroatoms. The summed E-state index contributed by atoms with van der Waals surface area (Å²) in [5.74, 6) is 0.413. The molecule has 0 saturated carbocycles. The first kappa shape index (κ1) is 28.7. The molecule has 0 radical (unpaired) electrons. The summed E-state index contributed by atoms with van der Waals surface area (Å²) in [5.41, 5.74) is 2.34. The number of thioether (sulfide) groups is 1. The number of amides is 3. The standard InChI is InChI=1S/C29H24BrN3O6S/c1-3-38-22-10-8-21(9-11-22)32-26(34)16-33-28(35)25(40-29(33)36)14-18-12-23(30)27(24(13-18)37-2)39-17-20-7-5-4-6-19(20)15-31/h4-14H,3,16-17H2,1-2H3,(H,32,34)/b25-14+. The lowest BCUT2D eigenvalue weighted by Crippen LogP contribution is -2.36. The first-order valence-corrected chi connectivity index (χ1v) is 13.7. The van der Waals surface area contributed by atoms with Crippen LogP contribution in [0.3, 0.4) is 0 Å². The number of rotatable bonds is 10. The fraction of sp³-hybridized carbons (Fsp3) is 0.172. The van der Waals surface area contributed by atoms with E-state index in [0.29, 0.717) is 45.1 Å². The van der Waals surface area contributed by atoms with Crippen LogP contribution in [0.4, 0.5) is 10.5 Å². The molecule has 1 saturated heterocycles. The van der Waals surface area contributed by atoms with E-state index in [1.54, 1.807) is 54.6 Å². The van der Waals surface area contributed by atoms with E-state index in [1.165, 1.54) is 7.11 Å². The van der Waals surface area contributed by atoms with Crippen molar-refractivity contribution in [1.29, 1.82) is 5.26 Å². The SMILES string of the molecule is CCOc1ccc(NC(=O)CN2C(=O)S/C(=C/c3cc(Br)c(OCc4ccccc4C#N)c(OC)c3)C2=O)cc1. The van der Waals surface area contributed by atoms with Gasteiger partial charge in [0.1, 0.15) is 18.9 Å². The van der Waals surface area contributed by atoms with Gasteiger partial charge >= 0.3 is 0 Å². The van der Waals surface area contributed by atoms with Crippen molar-refractivity contribution < 1.29 is 28.6 Å². The van der Waals surface area contributed by atoms with Crippen molar-refractivity contribution in [3.8, 4) is 23.3 Å². The fourth-order valence-electron chi connectivity index (χ4n) is 3.80. The molecule has 1 aliphatic rings. The van der Waals surface area contributed by atoms with Crippen LogP contribution in [0.5, 0.6) is 17.2 Å². The summed E-state index contributed by atoms with van der Waals surface area (Å²) in [6, 6.07) is 19.5. The third kappa shape index (κ3) is 6.83. The molecular weight excluding hydrogens is 598 g/mol. The highest BCUT2D eigenvalue weighted by Crippen LogP contribution is 2.39. The molecule has 3 aromatic rings. The van der Waals surface area contributed by atoms with E-state index in [0.717, 1.165) is 22.2 Å². The minimum absolute atomic E-state index is 0.148. The molecule has 1 fully saturated rings. The van der Waals surface area contributed by atoms with E-state index in [9.17, 15) is 19.6 Å². The molecule has 1 N–H and O–H groups in total. The molecule has 1 heterocycles. The number of nitrogens with zero attached hydrogens (tertiary/aromatic N) is 2. The van der Waals surface area contributed by atoms with Gasteiger partial charge in [0.15, 0.2) is 11.5 Å². The maximum absolute atomic E-state index is 13.0. The lowest BCUT2D eigenvalue weighted by Gasteiger charge is -2.14. The molecule has 204 valence electrons. The van der Waals surface area contributed by atoms with E-state index in [4.69, 9.17) is 14.2 Å².